The minimum Gasteiger partial charge on any atom is -0.497 e. The molecule has 45 heavy (non-hydrogen) atoms. The van der Waals surface area contributed by atoms with Crippen LogP contribution in [0.4, 0.5) is 5.69 Å². The monoisotopic (exact) mass is 647 g/mol. The molecule has 0 heterocycles. The quantitative estimate of drug-likeness (QED) is 0.192. The fraction of sp³-hybridized carbons (Fsp3) is 0.257. The predicted molar refractivity (Wildman–Crippen MR) is 178 cm³/mol. The highest BCUT2D eigenvalue weighted by atomic mass is 35.5. The van der Waals surface area contributed by atoms with E-state index in [1.807, 2.05) is 75.4 Å². The van der Waals surface area contributed by atoms with E-state index in [1.165, 1.54) is 30.2 Å². The number of methoxy groups -OCH3 is 1. The molecule has 1 atom stereocenters. The van der Waals surface area contributed by atoms with Gasteiger partial charge in [0, 0.05) is 24.0 Å². The number of sulfonamides is 1. The number of benzene rings is 4. The van der Waals surface area contributed by atoms with E-state index in [0.29, 0.717) is 10.8 Å². The summed E-state index contributed by atoms with van der Waals surface area (Å²) in [5.41, 5.74) is 2.93. The third-order valence-corrected chi connectivity index (χ3v) is 9.22. The molecule has 0 radical (unpaired) electrons. The number of aryl methyl sites for hydroxylation is 1. The maximum absolute atomic E-state index is 14.5. The average molecular weight is 648 g/mol. The molecule has 0 aromatic heterocycles. The van der Waals surface area contributed by atoms with E-state index in [9.17, 15) is 18.0 Å². The Morgan fingerprint density at radius 2 is 1.53 bits per heavy atom. The second-order valence-corrected chi connectivity index (χ2v) is 13.3. The van der Waals surface area contributed by atoms with Crippen LogP contribution in [-0.2, 0) is 32.6 Å². The number of amides is 2. The number of nitrogens with zero attached hydrogens (tertiary/aromatic N) is 2. The molecule has 2 amide bonds. The number of halogens is 1. The zero-order valence-corrected chi connectivity index (χ0v) is 27.4. The van der Waals surface area contributed by atoms with E-state index < -0.39 is 28.5 Å². The normalized spacial score (nSPS) is 12.0. The van der Waals surface area contributed by atoms with Crippen molar-refractivity contribution in [3.05, 3.63) is 125 Å². The van der Waals surface area contributed by atoms with E-state index in [1.54, 1.807) is 30.3 Å². The number of hydrogen-bond donors (Lipinski definition) is 1. The zero-order chi connectivity index (χ0) is 32.6. The summed E-state index contributed by atoms with van der Waals surface area (Å²) in [5.74, 6) is -0.391. The summed E-state index contributed by atoms with van der Waals surface area (Å²) in [4.78, 5) is 29.7. The smallest absolute Gasteiger partial charge is 0.264 e. The van der Waals surface area contributed by atoms with Gasteiger partial charge >= 0.3 is 0 Å². The van der Waals surface area contributed by atoms with Crippen molar-refractivity contribution in [1.82, 2.24) is 10.2 Å². The topological polar surface area (TPSA) is 96.0 Å². The largest absolute Gasteiger partial charge is 0.497 e. The molecule has 4 rings (SSSR count). The summed E-state index contributed by atoms with van der Waals surface area (Å²) in [5, 5.41) is 3.27. The number of hydrogen-bond acceptors (Lipinski definition) is 5. The molecule has 0 fully saturated rings. The Bertz CT molecular complexity index is 1700. The first-order chi connectivity index (χ1) is 21.5. The van der Waals surface area contributed by atoms with E-state index in [-0.39, 0.29) is 35.5 Å². The fourth-order valence-electron chi connectivity index (χ4n) is 4.86. The molecule has 0 spiro atoms. The SMILES string of the molecule is COc1ccc(S(=O)(=O)N(CC(=O)N(Cc2ccc(C)cc2)C(Cc2ccccc2)C(=O)NC(C)C)c2cccc(Cl)c2)cc1. The Morgan fingerprint density at radius 3 is 2.13 bits per heavy atom. The van der Waals surface area contributed by atoms with Gasteiger partial charge in [0.25, 0.3) is 10.0 Å². The number of ether oxygens (including phenoxy) is 1. The van der Waals surface area contributed by atoms with E-state index in [4.69, 9.17) is 16.3 Å². The summed E-state index contributed by atoms with van der Waals surface area (Å²) in [6.45, 7) is 5.20. The van der Waals surface area contributed by atoms with Gasteiger partial charge in [0.2, 0.25) is 11.8 Å². The van der Waals surface area contributed by atoms with Crippen LogP contribution in [0, 0.1) is 6.92 Å². The van der Waals surface area contributed by atoms with Crippen molar-refractivity contribution in [2.45, 2.75) is 50.7 Å². The average Bonchev–Trinajstić information content (AvgIpc) is 3.02. The lowest BCUT2D eigenvalue weighted by Crippen LogP contribution is -2.54. The molecule has 236 valence electrons. The van der Waals surface area contributed by atoms with Crippen LogP contribution in [0.2, 0.25) is 5.02 Å². The van der Waals surface area contributed by atoms with E-state index >= 15 is 0 Å². The molecule has 0 saturated heterocycles. The first-order valence-corrected chi connectivity index (χ1v) is 16.4. The molecule has 4 aromatic carbocycles. The Kier molecular flexibility index (Phi) is 11.3. The van der Waals surface area contributed by atoms with Gasteiger partial charge in [-0.3, -0.25) is 13.9 Å². The minimum absolute atomic E-state index is 0.0282. The molecule has 10 heteroatoms. The van der Waals surface area contributed by atoms with Crippen LogP contribution in [-0.4, -0.2) is 50.9 Å². The number of anilines is 1. The Morgan fingerprint density at radius 1 is 0.867 bits per heavy atom. The molecule has 0 aliphatic rings. The summed E-state index contributed by atoms with van der Waals surface area (Å²) >= 11 is 6.29. The lowest BCUT2D eigenvalue weighted by Gasteiger charge is -2.34. The lowest BCUT2D eigenvalue weighted by atomic mass is 10.0. The van der Waals surface area contributed by atoms with Crippen molar-refractivity contribution >= 4 is 39.1 Å². The van der Waals surface area contributed by atoms with Crippen molar-refractivity contribution < 1.29 is 22.7 Å². The molecular weight excluding hydrogens is 610 g/mol. The minimum atomic E-state index is -4.26. The third-order valence-electron chi connectivity index (χ3n) is 7.20. The molecule has 8 nitrogen and oxygen atoms in total. The Hall–Kier alpha value is -4.34. The number of carbonyl (C=O) groups excluding carboxylic acids is 2. The van der Waals surface area contributed by atoms with Crippen LogP contribution < -0.4 is 14.4 Å². The molecule has 4 aromatic rings. The van der Waals surface area contributed by atoms with Gasteiger partial charge in [-0.15, -0.1) is 0 Å². The molecule has 1 N–H and O–H groups in total. The lowest BCUT2D eigenvalue weighted by molar-refractivity contribution is -0.140. The molecular formula is C35H38ClN3O5S. The number of nitrogens with one attached hydrogen (secondary N) is 1. The first kappa shape index (κ1) is 33.6. The van der Waals surface area contributed by atoms with Gasteiger partial charge in [-0.2, -0.15) is 0 Å². The molecule has 0 saturated carbocycles. The van der Waals surface area contributed by atoms with Crippen LogP contribution in [0.1, 0.15) is 30.5 Å². The number of rotatable bonds is 13. The van der Waals surface area contributed by atoms with Crippen molar-refractivity contribution in [3.63, 3.8) is 0 Å². The summed E-state index contributed by atoms with van der Waals surface area (Å²) < 4.78 is 34.5. The molecule has 0 aliphatic heterocycles. The second-order valence-electron chi connectivity index (χ2n) is 11.0. The van der Waals surface area contributed by atoms with Gasteiger partial charge in [0.15, 0.2) is 0 Å². The highest BCUT2D eigenvalue weighted by Gasteiger charge is 2.35. The van der Waals surface area contributed by atoms with Gasteiger partial charge in [0.05, 0.1) is 17.7 Å². The van der Waals surface area contributed by atoms with Crippen LogP contribution >= 0.6 is 11.6 Å². The van der Waals surface area contributed by atoms with Crippen molar-refractivity contribution in [2.75, 3.05) is 18.0 Å². The fourth-order valence-corrected chi connectivity index (χ4v) is 6.45. The first-order valence-electron chi connectivity index (χ1n) is 14.6. The molecule has 0 aliphatic carbocycles. The second kappa shape index (κ2) is 15.1. The highest BCUT2D eigenvalue weighted by Crippen LogP contribution is 2.28. The zero-order valence-electron chi connectivity index (χ0n) is 25.8. The predicted octanol–water partition coefficient (Wildman–Crippen LogP) is 6.02. The standard InChI is InChI=1S/C35H38ClN3O5S/c1-25(2)37-35(41)33(21-27-9-6-5-7-10-27)38(23-28-15-13-26(3)14-16-28)34(40)24-39(30-12-8-11-29(36)22-30)45(42,43)32-19-17-31(44-4)18-20-32/h5-20,22,25,33H,21,23-24H2,1-4H3,(H,37,41). The van der Waals surface area contributed by atoms with Gasteiger partial charge in [-0.1, -0.05) is 77.8 Å². The van der Waals surface area contributed by atoms with Crippen molar-refractivity contribution in [2.24, 2.45) is 0 Å². The number of carbonyl (C=O) groups is 2. The maximum atomic E-state index is 14.5. The van der Waals surface area contributed by atoms with Gasteiger partial charge in [-0.25, -0.2) is 8.42 Å². The van der Waals surface area contributed by atoms with Gasteiger partial charge in [0.1, 0.15) is 18.3 Å². The van der Waals surface area contributed by atoms with Gasteiger partial charge < -0.3 is 15.0 Å². The van der Waals surface area contributed by atoms with Gasteiger partial charge in [-0.05, 0) is 74.4 Å². The van der Waals surface area contributed by atoms with E-state index in [0.717, 1.165) is 21.0 Å². The van der Waals surface area contributed by atoms with Crippen LogP contribution in [0.25, 0.3) is 0 Å². The molecule has 1 unspecified atom stereocenters. The van der Waals surface area contributed by atoms with Crippen LogP contribution in [0.5, 0.6) is 5.75 Å². The van der Waals surface area contributed by atoms with E-state index in [2.05, 4.69) is 5.32 Å². The van der Waals surface area contributed by atoms with Crippen molar-refractivity contribution in [1.29, 1.82) is 0 Å². The summed E-state index contributed by atoms with van der Waals surface area (Å²) in [7, 11) is -2.77. The third kappa shape index (κ3) is 8.86. The van der Waals surface area contributed by atoms with Crippen molar-refractivity contribution in [3.8, 4) is 5.75 Å². The van der Waals surface area contributed by atoms with Crippen LogP contribution in [0.3, 0.4) is 0 Å². The Balaban J connectivity index is 1.80. The maximum Gasteiger partial charge on any atom is 0.264 e. The highest BCUT2D eigenvalue weighted by molar-refractivity contribution is 7.92. The Labute approximate surface area is 270 Å². The summed E-state index contributed by atoms with van der Waals surface area (Å²) in [6, 6.07) is 28.3. The molecule has 0 bridgehead atoms. The van der Waals surface area contributed by atoms with Crippen LogP contribution in [0.15, 0.2) is 108 Å². The summed E-state index contributed by atoms with van der Waals surface area (Å²) in [6.07, 6.45) is 0.236.